The fourth-order valence-corrected chi connectivity index (χ4v) is 9.06. The average Bonchev–Trinajstić information content (AvgIpc) is 3.72. The lowest BCUT2D eigenvalue weighted by Gasteiger charge is -2.36. The summed E-state index contributed by atoms with van der Waals surface area (Å²) in [6.07, 6.45) is 5.15. The maximum Gasteiger partial charge on any atom is 0.433 e. The third-order valence-corrected chi connectivity index (χ3v) is 11.9. The van der Waals surface area contributed by atoms with Crippen LogP contribution in [0.4, 0.5) is 19.0 Å². The number of hydrogen-bond acceptors (Lipinski definition) is 8. The molecular formula is C42H47F3N8O5. The number of carbonyl (C=O) groups is 3. The van der Waals surface area contributed by atoms with Crippen LogP contribution in [0, 0.1) is 5.92 Å². The molecule has 1 saturated carbocycles. The van der Waals surface area contributed by atoms with E-state index in [1.807, 2.05) is 32.2 Å². The van der Waals surface area contributed by atoms with E-state index in [2.05, 4.69) is 26.6 Å². The van der Waals surface area contributed by atoms with E-state index in [-0.39, 0.29) is 53.1 Å². The fraction of sp³-hybridized carbons (Fsp3) is 0.476. The van der Waals surface area contributed by atoms with Crippen LogP contribution in [0.5, 0.6) is 5.75 Å². The van der Waals surface area contributed by atoms with Gasteiger partial charge in [-0.25, -0.2) is 14.8 Å². The molecule has 6 heterocycles. The molecule has 2 N–H and O–H groups in total. The lowest BCUT2D eigenvalue weighted by molar-refractivity contribution is -0.141. The van der Waals surface area contributed by atoms with Crippen molar-refractivity contribution in [2.75, 3.05) is 25.0 Å². The molecule has 1 unspecified atom stereocenters. The molecular weight excluding hydrogens is 754 g/mol. The minimum absolute atomic E-state index is 0.156. The number of ether oxygens (including phenoxy) is 1. The largest absolute Gasteiger partial charge is 0.490 e. The summed E-state index contributed by atoms with van der Waals surface area (Å²) >= 11 is 0. The molecule has 0 bridgehead atoms. The van der Waals surface area contributed by atoms with Crippen LogP contribution >= 0.6 is 0 Å². The highest BCUT2D eigenvalue weighted by Crippen LogP contribution is 2.39. The first kappa shape index (κ1) is 39.3. The number of imide groups is 1. The molecule has 1 aliphatic carbocycles. The third kappa shape index (κ3) is 7.85. The number of fused-ring (bicyclic) bond motifs is 2. The van der Waals surface area contributed by atoms with Gasteiger partial charge < -0.3 is 19.4 Å². The number of amides is 3. The summed E-state index contributed by atoms with van der Waals surface area (Å²) in [4.78, 5) is 62.4. The Balaban J connectivity index is 0.894. The minimum Gasteiger partial charge on any atom is -0.490 e. The Hall–Kier alpha value is -5.51. The monoisotopic (exact) mass is 800 g/mol. The summed E-state index contributed by atoms with van der Waals surface area (Å²) in [6, 6.07) is 10.3. The number of nitrogens with one attached hydrogen (secondary N) is 2. The number of pyridine rings is 2. The third-order valence-electron chi connectivity index (χ3n) is 11.9. The Kier molecular flexibility index (Phi) is 10.6. The zero-order valence-electron chi connectivity index (χ0n) is 32.7. The van der Waals surface area contributed by atoms with Crippen LogP contribution in [0.2, 0.25) is 0 Å². The molecule has 0 radical (unpaired) electrons. The maximum atomic E-state index is 13.5. The Labute approximate surface area is 332 Å². The van der Waals surface area contributed by atoms with Gasteiger partial charge in [-0.2, -0.15) is 13.2 Å². The van der Waals surface area contributed by atoms with Crippen molar-refractivity contribution in [3.63, 3.8) is 0 Å². The van der Waals surface area contributed by atoms with Gasteiger partial charge in [0.25, 0.3) is 5.91 Å². The number of imidazole rings is 2. The fourth-order valence-electron chi connectivity index (χ4n) is 9.06. The lowest BCUT2D eigenvalue weighted by atomic mass is 9.80. The number of hydrogen-bond donors (Lipinski definition) is 2. The van der Waals surface area contributed by atoms with Crippen molar-refractivity contribution in [1.82, 2.24) is 33.7 Å². The molecule has 8 rings (SSSR count). The van der Waals surface area contributed by atoms with Crippen molar-refractivity contribution < 1.29 is 32.3 Å². The smallest absolute Gasteiger partial charge is 0.433 e. The lowest BCUT2D eigenvalue weighted by Crippen LogP contribution is -2.44. The summed E-state index contributed by atoms with van der Waals surface area (Å²) in [5, 5.41) is 4.88. The molecule has 5 aromatic rings. The topological polar surface area (TPSA) is 145 Å². The molecule has 2 aliphatic heterocycles. The molecule has 13 nitrogen and oxygen atoms in total. The second-order valence-electron chi connectivity index (χ2n) is 16.2. The van der Waals surface area contributed by atoms with E-state index in [9.17, 15) is 32.3 Å². The van der Waals surface area contributed by atoms with Gasteiger partial charge in [0.15, 0.2) is 0 Å². The van der Waals surface area contributed by atoms with Gasteiger partial charge in [-0.15, -0.1) is 0 Å². The summed E-state index contributed by atoms with van der Waals surface area (Å²) in [7, 11) is 1.76. The van der Waals surface area contributed by atoms with E-state index in [1.54, 1.807) is 32.8 Å². The summed E-state index contributed by atoms with van der Waals surface area (Å²) in [5.74, 6) is -0.228. The van der Waals surface area contributed by atoms with Crippen molar-refractivity contribution in [1.29, 1.82) is 0 Å². The van der Waals surface area contributed by atoms with Crippen LogP contribution in [-0.4, -0.2) is 71.9 Å². The Morgan fingerprint density at radius 1 is 0.948 bits per heavy atom. The van der Waals surface area contributed by atoms with Crippen LogP contribution in [0.1, 0.15) is 110 Å². The maximum absolute atomic E-state index is 13.5. The highest BCUT2D eigenvalue weighted by atomic mass is 19.4. The highest BCUT2D eigenvalue weighted by molar-refractivity contribution is 6.06. The quantitative estimate of drug-likeness (QED) is 0.159. The molecule has 1 atom stereocenters. The minimum atomic E-state index is -4.64. The van der Waals surface area contributed by atoms with Crippen molar-refractivity contribution in [2.45, 2.75) is 95.4 Å². The van der Waals surface area contributed by atoms with Gasteiger partial charge in [0.05, 0.1) is 28.4 Å². The number of rotatable bonds is 9. The number of nitrogens with zero attached hydrogens (tertiary/aromatic N) is 6. The van der Waals surface area contributed by atoms with Crippen LogP contribution in [0.15, 0.2) is 59.7 Å². The van der Waals surface area contributed by atoms with E-state index in [1.165, 1.54) is 12.1 Å². The summed E-state index contributed by atoms with van der Waals surface area (Å²) < 4.78 is 50.7. The van der Waals surface area contributed by atoms with Crippen molar-refractivity contribution in [2.24, 2.45) is 13.0 Å². The Bertz CT molecular complexity index is 2440. The summed E-state index contributed by atoms with van der Waals surface area (Å²) in [6.45, 7) is 6.59. The number of para-hydroxylation sites is 1. The molecule has 2 saturated heterocycles. The zero-order valence-corrected chi connectivity index (χ0v) is 32.7. The van der Waals surface area contributed by atoms with Gasteiger partial charge in [-0.05, 0) is 107 Å². The first-order valence-corrected chi connectivity index (χ1v) is 20.0. The molecule has 3 aliphatic rings. The molecule has 0 spiro atoms. The zero-order chi connectivity index (χ0) is 40.9. The SMILES string of the molecule is CC(C)Oc1cc2nc([C@H]3CC[C@H](CN4CCC(c5cccc6c5n(C)c(=O)n6C5CCC(=O)NC5=O)CC4)CC3)cn2cc1C(=O)Nc1cccc(C(F)(F)F)n1. The van der Waals surface area contributed by atoms with Crippen LogP contribution in [0.25, 0.3) is 16.7 Å². The van der Waals surface area contributed by atoms with Gasteiger partial charge in [0.2, 0.25) is 11.8 Å². The number of aryl methyl sites for hydroxylation is 1. The molecule has 3 fully saturated rings. The van der Waals surface area contributed by atoms with Gasteiger partial charge in [-0.1, -0.05) is 18.2 Å². The molecule has 58 heavy (non-hydrogen) atoms. The number of piperidine rings is 2. The number of halogens is 3. The highest BCUT2D eigenvalue weighted by Gasteiger charge is 2.35. The number of anilines is 1. The van der Waals surface area contributed by atoms with E-state index in [4.69, 9.17) is 9.72 Å². The Morgan fingerprint density at radius 2 is 1.69 bits per heavy atom. The Morgan fingerprint density at radius 3 is 2.40 bits per heavy atom. The molecule has 1 aromatic carbocycles. The van der Waals surface area contributed by atoms with Crippen molar-refractivity contribution >= 4 is 40.2 Å². The number of aromatic nitrogens is 5. The van der Waals surface area contributed by atoms with Crippen molar-refractivity contribution in [3.05, 3.63) is 87.9 Å². The van der Waals surface area contributed by atoms with Gasteiger partial charge >= 0.3 is 11.9 Å². The van der Waals surface area contributed by atoms with E-state index < -0.39 is 29.7 Å². The summed E-state index contributed by atoms with van der Waals surface area (Å²) in [5.41, 5.74) is 3.07. The van der Waals surface area contributed by atoms with Crippen LogP contribution in [0.3, 0.4) is 0 Å². The molecule has 3 amide bonds. The molecule has 4 aromatic heterocycles. The number of likely N-dealkylation sites (tertiary alicyclic amines) is 1. The first-order valence-electron chi connectivity index (χ1n) is 20.0. The number of benzene rings is 1. The van der Waals surface area contributed by atoms with Gasteiger partial charge in [0.1, 0.15) is 29.0 Å². The predicted molar refractivity (Wildman–Crippen MR) is 210 cm³/mol. The number of carbonyl (C=O) groups excluding carboxylic acids is 3. The van der Waals surface area contributed by atoms with Crippen LogP contribution in [-0.2, 0) is 22.8 Å². The van der Waals surface area contributed by atoms with E-state index >= 15 is 0 Å². The normalized spacial score (nSPS) is 21.2. The second-order valence-corrected chi connectivity index (χ2v) is 16.2. The standard InChI is InChI=1S/C42H47F3N8O5/c1-24(2)58-33-20-36-46-30(23-52(36)22-29(33)39(55)48-35-9-5-8-34(47-35)42(43,44)45)27-12-10-25(11-13-27)21-51-18-16-26(17-19-51)28-6-4-7-31-38(28)50(3)41(57)53(31)32-14-15-37(54)49-40(32)56/h4-9,20,22-27,32H,10-19,21H2,1-3H3,(H,47,48,55)(H,49,54,56)/t25-,27-,32?. The molecule has 306 valence electrons. The average molecular weight is 801 g/mol. The second kappa shape index (κ2) is 15.7. The van der Waals surface area contributed by atoms with E-state index in [0.29, 0.717) is 18.0 Å². The van der Waals surface area contributed by atoms with E-state index in [0.717, 1.165) is 86.5 Å². The van der Waals surface area contributed by atoms with Crippen molar-refractivity contribution in [3.8, 4) is 5.75 Å². The number of alkyl halides is 3. The molecule has 16 heteroatoms. The van der Waals surface area contributed by atoms with Gasteiger partial charge in [0, 0.05) is 44.4 Å². The van der Waals surface area contributed by atoms with Crippen LogP contribution < -0.4 is 21.1 Å². The van der Waals surface area contributed by atoms with Gasteiger partial charge in [-0.3, -0.25) is 28.8 Å². The first-order chi connectivity index (χ1) is 27.7. The predicted octanol–water partition coefficient (Wildman–Crippen LogP) is 6.57.